The molecule has 1 N–H and O–H groups in total. The predicted molar refractivity (Wildman–Crippen MR) is 93.9 cm³/mol. The van der Waals surface area contributed by atoms with Crippen LogP contribution in [0.1, 0.15) is 18.4 Å². The maximum Gasteiger partial charge on any atom is 0.234 e. The molecule has 2 bridgehead atoms. The summed E-state index contributed by atoms with van der Waals surface area (Å²) < 4.78 is 0. The number of halogens is 1. The second kappa shape index (κ2) is 7.53. The molecule has 0 radical (unpaired) electrons. The number of piperidine rings is 1. The fraction of sp³-hybridized carbons (Fsp3) is 0.556. The molecule has 130 valence electrons. The van der Waals surface area contributed by atoms with Crippen LogP contribution in [0.2, 0.25) is 5.02 Å². The van der Waals surface area contributed by atoms with Crippen molar-refractivity contribution < 1.29 is 9.59 Å². The van der Waals surface area contributed by atoms with E-state index >= 15 is 0 Å². The molecule has 3 saturated heterocycles. The zero-order valence-electron chi connectivity index (χ0n) is 14.0. The van der Waals surface area contributed by atoms with E-state index in [1.54, 1.807) is 0 Å². The molecule has 0 aromatic heterocycles. The maximum atomic E-state index is 12.2. The molecule has 3 aliphatic heterocycles. The van der Waals surface area contributed by atoms with E-state index in [9.17, 15) is 9.59 Å². The summed E-state index contributed by atoms with van der Waals surface area (Å²) in [6.07, 6.45) is 2.78. The molecule has 6 heteroatoms. The lowest BCUT2D eigenvalue weighted by atomic mass is 9.95. The molecule has 3 heterocycles. The van der Waals surface area contributed by atoms with Gasteiger partial charge in [0.05, 0.1) is 12.5 Å². The van der Waals surface area contributed by atoms with E-state index in [1.807, 2.05) is 36.2 Å². The summed E-state index contributed by atoms with van der Waals surface area (Å²) in [7, 11) is 1.88. The van der Waals surface area contributed by atoms with E-state index in [-0.39, 0.29) is 23.8 Å². The van der Waals surface area contributed by atoms with Crippen molar-refractivity contribution in [2.45, 2.75) is 25.3 Å². The average Bonchev–Trinajstić information content (AvgIpc) is 2.82. The highest BCUT2D eigenvalue weighted by Gasteiger charge is 2.38. The quantitative estimate of drug-likeness (QED) is 0.877. The third kappa shape index (κ3) is 4.08. The van der Waals surface area contributed by atoms with Gasteiger partial charge < -0.3 is 10.2 Å². The van der Waals surface area contributed by atoms with Gasteiger partial charge in [0.15, 0.2) is 0 Å². The lowest BCUT2D eigenvalue weighted by Crippen LogP contribution is -2.45. The number of hydrogen-bond donors (Lipinski definition) is 1. The first-order valence-corrected chi connectivity index (χ1v) is 8.91. The van der Waals surface area contributed by atoms with Crippen LogP contribution in [0, 0.1) is 5.92 Å². The first-order valence-electron chi connectivity index (χ1n) is 8.53. The molecule has 4 rings (SSSR count). The van der Waals surface area contributed by atoms with E-state index in [0.717, 1.165) is 36.4 Å². The maximum absolute atomic E-state index is 12.2. The van der Waals surface area contributed by atoms with Crippen molar-refractivity contribution in [3.8, 4) is 0 Å². The van der Waals surface area contributed by atoms with Crippen LogP contribution in [0.5, 0.6) is 0 Å². The Morgan fingerprint density at radius 2 is 2.00 bits per heavy atom. The third-order valence-corrected chi connectivity index (χ3v) is 5.31. The highest BCUT2D eigenvalue weighted by atomic mass is 35.5. The molecule has 0 saturated carbocycles. The summed E-state index contributed by atoms with van der Waals surface area (Å²) >= 11 is 5.86. The Bertz CT molecular complexity index is 605. The van der Waals surface area contributed by atoms with Gasteiger partial charge in [-0.15, -0.1) is 0 Å². The number of hydrogen-bond acceptors (Lipinski definition) is 3. The number of likely N-dealkylation sites (N-methyl/N-ethyl adjacent to an activating group) is 1. The Balaban J connectivity index is 1.45. The van der Waals surface area contributed by atoms with Gasteiger partial charge >= 0.3 is 0 Å². The molecular weight excluding hydrogens is 326 g/mol. The Morgan fingerprint density at radius 3 is 2.75 bits per heavy atom. The van der Waals surface area contributed by atoms with Crippen molar-refractivity contribution in [1.82, 2.24) is 15.1 Å². The molecule has 3 fully saturated rings. The van der Waals surface area contributed by atoms with Gasteiger partial charge in [-0.05, 0) is 37.0 Å². The summed E-state index contributed by atoms with van der Waals surface area (Å²) in [5.74, 6) is 0.313. The van der Waals surface area contributed by atoms with Gasteiger partial charge in [0, 0.05) is 37.7 Å². The van der Waals surface area contributed by atoms with Crippen molar-refractivity contribution in [3.05, 3.63) is 34.9 Å². The molecule has 2 atom stereocenters. The third-order valence-electron chi connectivity index (χ3n) is 5.06. The first-order chi connectivity index (χ1) is 11.5. The largest absolute Gasteiger partial charge is 0.355 e. The molecule has 1 aromatic carbocycles. The first kappa shape index (κ1) is 17.2. The highest BCUT2D eigenvalue weighted by Crippen LogP contribution is 2.27. The number of amides is 2. The Kier molecular flexibility index (Phi) is 5.41. The van der Waals surface area contributed by atoms with Crippen molar-refractivity contribution in [3.63, 3.8) is 0 Å². The van der Waals surface area contributed by atoms with Crippen LogP contribution in [0.25, 0.3) is 0 Å². The second-order valence-corrected chi connectivity index (χ2v) is 7.23. The van der Waals surface area contributed by atoms with Crippen LogP contribution in [-0.2, 0) is 16.0 Å². The second-order valence-electron chi connectivity index (χ2n) is 6.80. The zero-order chi connectivity index (χ0) is 17.1. The number of carbonyl (C=O) groups excluding carboxylic acids is 2. The number of fused-ring (bicyclic) bond motifs is 4. The molecule has 0 unspecified atom stereocenters. The van der Waals surface area contributed by atoms with Crippen molar-refractivity contribution in [2.75, 3.05) is 33.2 Å². The van der Waals surface area contributed by atoms with E-state index < -0.39 is 0 Å². The van der Waals surface area contributed by atoms with Gasteiger partial charge in [0.1, 0.15) is 0 Å². The minimum atomic E-state index is 0.0281. The van der Waals surface area contributed by atoms with E-state index in [2.05, 4.69) is 10.2 Å². The summed E-state index contributed by atoms with van der Waals surface area (Å²) in [5.41, 5.74) is 1.15. The lowest BCUT2D eigenvalue weighted by molar-refractivity contribution is -0.138. The fourth-order valence-corrected chi connectivity index (χ4v) is 3.76. The smallest absolute Gasteiger partial charge is 0.234 e. The van der Waals surface area contributed by atoms with Gasteiger partial charge in [-0.2, -0.15) is 0 Å². The summed E-state index contributed by atoms with van der Waals surface area (Å²) in [6.45, 7) is 2.47. The summed E-state index contributed by atoms with van der Waals surface area (Å²) in [4.78, 5) is 28.4. The van der Waals surface area contributed by atoms with Gasteiger partial charge in [-0.1, -0.05) is 23.7 Å². The van der Waals surface area contributed by atoms with Crippen LogP contribution in [-0.4, -0.2) is 60.9 Å². The van der Waals surface area contributed by atoms with E-state index in [1.165, 1.54) is 0 Å². The minimum absolute atomic E-state index is 0.0281. The van der Waals surface area contributed by atoms with Crippen molar-refractivity contribution in [2.24, 2.45) is 5.92 Å². The number of nitrogens with one attached hydrogen (secondary N) is 1. The monoisotopic (exact) mass is 349 g/mol. The Hall–Kier alpha value is -1.59. The standard InChI is InChI=1S/C18H24ClN3O2/c1-21-16-7-4-14(18(21)24)10-22(11-16)12-17(23)20-9-8-13-2-5-15(19)6-3-13/h2-3,5-6,14,16H,4,7-12H2,1H3,(H,20,23)/t14-,16+/m1/s1. The summed E-state index contributed by atoms with van der Waals surface area (Å²) in [5, 5.41) is 3.69. The van der Waals surface area contributed by atoms with Crippen molar-refractivity contribution in [1.29, 1.82) is 0 Å². The van der Waals surface area contributed by atoms with Gasteiger partial charge in [0.2, 0.25) is 11.8 Å². The van der Waals surface area contributed by atoms with Crippen LogP contribution in [0.3, 0.4) is 0 Å². The van der Waals surface area contributed by atoms with Crippen LogP contribution in [0.4, 0.5) is 0 Å². The topological polar surface area (TPSA) is 52.7 Å². The molecule has 3 aliphatic rings. The number of benzene rings is 1. The lowest BCUT2D eigenvalue weighted by Gasteiger charge is -2.32. The minimum Gasteiger partial charge on any atom is -0.355 e. The van der Waals surface area contributed by atoms with Crippen LogP contribution < -0.4 is 5.32 Å². The number of rotatable bonds is 5. The average molecular weight is 350 g/mol. The van der Waals surface area contributed by atoms with Gasteiger partial charge in [-0.25, -0.2) is 0 Å². The molecule has 2 amide bonds. The van der Waals surface area contributed by atoms with Crippen LogP contribution >= 0.6 is 11.6 Å². The number of carbonyl (C=O) groups is 2. The number of nitrogens with zero attached hydrogens (tertiary/aromatic N) is 2. The predicted octanol–water partition coefficient (Wildman–Crippen LogP) is 1.55. The zero-order valence-corrected chi connectivity index (χ0v) is 14.8. The normalized spacial score (nSPS) is 24.1. The van der Waals surface area contributed by atoms with Crippen molar-refractivity contribution >= 4 is 23.4 Å². The van der Waals surface area contributed by atoms with Crippen LogP contribution in [0.15, 0.2) is 24.3 Å². The van der Waals surface area contributed by atoms with E-state index in [4.69, 9.17) is 11.6 Å². The Labute approximate surface area is 147 Å². The van der Waals surface area contributed by atoms with E-state index in [0.29, 0.717) is 19.6 Å². The fourth-order valence-electron chi connectivity index (χ4n) is 3.63. The summed E-state index contributed by atoms with van der Waals surface area (Å²) in [6, 6.07) is 7.92. The molecule has 1 aromatic rings. The molecule has 5 nitrogen and oxygen atoms in total. The highest BCUT2D eigenvalue weighted by molar-refractivity contribution is 6.30. The molecular formula is C18H24ClN3O2. The molecule has 0 aliphatic carbocycles. The van der Waals surface area contributed by atoms with Gasteiger partial charge in [-0.3, -0.25) is 14.5 Å². The SMILES string of the molecule is CN1C(=O)[C@@H]2CC[C@H]1CN(CC(=O)NCCc1ccc(Cl)cc1)C2. The molecule has 0 spiro atoms. The molecule has 24 heavy (non-hydrogen) atoms. The Morgan fingerprint density at radius 1 is 1.25 bits per heavy atom. The van der Waals surface area contributed by atoms with Gasteiger partial charge in [0.25, 0.3) is 0 Å².